The quantitative estimate of drug-likeness (QED) is 0.630. The van der Waals surface area contributed by atoms with Crippen molar-refractivity contribution in [3.05, 3.63) is 64.7 Å². The minimum Gasteiger partial charge on any atom is -0.462 e. The maximum Gasteiger partial charge on any atom is 0.363 e. The van der Waals surface area contributed by atoms with Crippen molar-refractivity contribution in [2.45, 2.75) is 6.92 Å². The molecule has 0 saturated heterocycles. The molecule has 0 spiro atoms. The molecular formula is C15H9F2NO3. The number of furan rings is 1. The van der Waals surface area contributed by atoms with Crippen molar-refractivity contribution in [1.29, 1.82) is 0 Å². The van der Waals surface area contributed by atoms with Crippen LogP contribution in [0.15, 0.2) is 45.4 Å². The number of nitrogens with zero attached hydrogens (tertiary/aromatic N) is 1. The molecule has 3 rings (SSSR count). The molecule has 0 bridgehead atoms. The third-order valence-corrected chi connectivity index (χ3v) is 2.83. The zero-order valence-electron chi connectivity index (χ0n) is 10.9. The summed E-state index contributed by atoms with van der Waals surface area (Å²) in [6, 6.07) is 6.57. The van der Waals surface area contributed by atoms with Crippen LogP contribution in [0.1, 0.15) is 17.1 Å². The summed E-state index contributed by atoms with van der Waals surface area (Å²) >= 11 is 0. The maximum atomic E-state index is 13.2. The Bertz CT molecular complexity index is 790. The number of esters is 1. The lowest BCUT2D eigenvalue weighted by Gasteiger charge is -1.99. The van der Waals surface area contributed by atoms with Crippen molar-refractivity contribution in [1.82, 2.24) is 0 Å². The van der Waals surface area contributed by atoms with Gasteiger partial charge in [0, 0.05) is 11.6 Å². The summed E-state index contributed by atoms with van der Waals surface area (Å²) in [4.78, 5) is 15.7. The molecule has 0 aliphatic carbocycles. The zero-order valence-corrected chi connectivity index (χ0v) is 10.9. The van der Waals surface area contributed by atoms with Gasteiger partial charge in [0.05, 0.1) is 0 Å². The van der Waals surface area contributed by atoms with Gasteiger partial charge in [-0.05, 0) is 37.3 Å². The fourth-order valence-corrected chi connectivity index (χ4v) is 1.83. The third kappa shape index (κ3) is 2.60. The number of hydrogen-bond acceptors (Lipinski definition) is 4. The largest absolute Gasteiger partial charge is 0.462 e. The Kier molecular flexibility index (Phi) is 3.13. The van der Waals surface area contributed by atoms with Gasteiger partial charge in [-0.2, -0.15) is 0 Å². The number of benzene rings is 1. The van der Waals surface area contributed by atoms with E-state index in [0.717, 1.165) is 12.1 Å². The highest BCUT2D eigenvalue weighted by Gasteiger charge is 2.25. The van der Waals surface area contributed by atoms with E-state index in [1.807, 2.05) is 0 Å². The Morgan fingerprint density at radius 1 is 1.14 bits per heavy atom. The van der Waals surface area contributed by atoms with Crippen LogP contribution in [-0.4, -0.2) is 11.9 Å². The van der Waals surface area contributed by atoms with Crippen LogP contribution in [0.25, 0.3) is 6.08 Å². The third-order valence-electron chi connectivity index (χ3n) is 2.83. The molecule has 0 saturated carbocycles. The number of carbonyl (C=O) groups excluding carboxylic acids is 1. The molecule has 1 aromatic heterocycles. The number of halogens is 2. The lowest BCUT2D eigenvalue weighted by molar-refractivity contribution is -0.129. The fourth-order valence-electron chi connectivity index (χ4n) is 1.83. The highest BCUT2D eigenvalue weighted by atomic mass is 19.2. The average molecular weight is 289 g/mol. The summed E-state index contributed by atoms with van der Waals surface area (Å²) in [6.45, 7) is 1.77. The molecule has 0 unspecified atom stereocenters. The molecule has 1 aliphatic heterocycles. The lowest BCUT2D eigenvalue weighted by atomic mass is 10.2. The first-order valence-electron chi connectivity index (χ1n) is 6.07. The van der Waals surface area contributed by atoms with Gasteiger partial charge in [0.2, 0.25) is 5.90 Å². The van der Waals surface area contributed by atoms with Gasteiger partial charge in [-0.1, -0.05) is 0 Å². The predicted octanol–water partition coefficient (Wildman–Crippen LogP) is 3.21. The second kappa shape index (κ2) is 4.97. The first kappa shape index (κ1) is 13.2. The molecule has 21 heavy (non-hydrogen) atoms. The molecule has 0 radical (unpaired) electrons. The molecule has 0 N–H and O–H groups in total. The summed E-state index contributed by atoms with van der Waals surface area (Å²) in [5.74, 6) is -1.62. The predicted molar refractivity (Wildman–Crippen MR) is 70.4 cm³/mol. The van der Waals surface area contributed by atoms with Crippen molar-refractivity contribution in [3.63, 3.8) is 0 Å². The maximum absolute atomic E-state index is 13.2. The molecule has 106 valence electrons. The molecule has 1 aromatic carbocycles. The molecular weight excluding hydrogens is 280 g/mol. The van der Waals surface area contributed by atoms with Crippen LogP contribution in [0.5, 0.6) is 0 Å². The van der Waals surface area contributed by atoms with E-state index in [2.05, 4.69) is 4.99 Å². The topological polar surface area (TPSA) is 51.8 Å². The fraction of sp³-hybridized carbons (Fsp3) is 0.0667. The normalized spacial score (nSPS) is 16.2. The van der Waals surface area contributed by atoms with Crippen LogP contribution in [0, 0.1) is 18.6 Å². The average Bonchev–Trinajstić information content (AvgIpc) is 3.00. The summed E-state index contributed by atoms with van der Waals surface area (Å²) in [5, 5.41) is 0. The number of rotatable bonds is 2. The summed E-state index contributed by atoms with van der Waals surface area (Å²) < 4.78 is 36.3. The molecule has 1 aliphatic rings. The van der Waals surface area contributed by atoms with Crippen molar-refractivity contribution < 1.29 is 22.7 Å². The Morgan fingerprint density at radius 2 is 1.95 bits per heavy atom. The molecule has 4 nitrogen and oxygen atoms in total. The van der Waals surface area contributed by atoms with Gasteiger partial charge in [0.1, 0.15) is 11.5 Å². The molecule has 0 fully saturated rings. The van der Waals surface area contributed by atoms with Crippen LogP contribution in [0.4, 0.5) is 8.78 Å². The lowest BCUT2D eigenvalue weighted by Crippen LogP contribution is -2.06. The molecule has 2 aromatic rings. The van der Waals surface area contributed by atoms with Crippen molar-refractivity contribution >= 4 is 17.9 Å². The number of carbonyl (C=O) groups is 1. The molecule has 0 atom stereocenters. The SMILES string of the molecule is Cc1ccc(C=C2N=C(c3ccc(F)c(F)c3)OC2=O)o1. The first-order chi connectivity index (χ1) is 10.0. The zero-order chi connectivity index (χ0) is 15.0. The highest BCUT2D eigenvalue weighted by molar-refractivity contribution is 6.12. The standard InChI is InChI=1S/C15H9F2NO3/c1-8-2-4-10(20-8)7-13-15(19)21-14(18-13)9-3-5-11(16)12(17)6-9/h2-7H,1H3. The highest BCUT2D eigenvalue weighted by Crippen LogP contribution is 2.21. The van der Waals surface area contributed by atoms with Crippen LogP contribution in [0.3, 0.4) is 0 Å². The van der Waals surface area contributed by atoms with E-state index in [1.165, 1.54) is 12.1 Å². The van der Waals surface area contributed by atoms with E-state index in [9.17, 15) is 13.6 Å². The molecule has 0 amide bonds. The number of hydrogen-bond donors (Lipinski definition) is 0. The van der Waals surface area contributed by atoms with E-state index >= 15 is 0 Å². The summed E-state index contributed by atoms with van der Waals surface area (Å²) in [5.41, 5.74) is 0.213. The molecule has 2 heterocycles. The van der Waals surface area contributed by atoms with Gasteiger partial charge in [-0.25, -0.2) is 18.6 Å². The second-order valence-electron chi connectivity index (χ2n) is 4.41. The Hall–Kier alpha value is -2.76. The van der Waals surface area contributed by atoms with E-state index < -0.39 is 17.6 Å². The summed E-state index contributed by atoms with van der Waals surface area (Å²) in [6.07, 6.45) is 1.42. The van der Waals surface area contributed by atoms with E-state index in [4.69, 9.17) is 9.15 Å². The monoisotopic (exact) mass is 289 g/mol. The van der Waals surface area contributed by atoms with E-state index in [0.29, 0.717) is 11.5 Å². The Balaban J connectivity index is 1.95. The van der Waals surface area contributed by atoms with Gasteiger partial charge in [0.15, 0.2) is 17.3 Å². The van der Waals surface area contributed by atoms with Gasteiger partial charge in [0.25, 0.3) is 0 Å². The minimum absolute atomic E-state index is 0.0316. The van der Waals surface area contributed by atoms with Crippen LogP contribution in [0.2, 0.25) is 0 Å². The second-order valence-corrected chi connectivity index (χ2v) is 4.41. The number of aliphatic imine (C=N–C) groups is 1. The number of ether oxygens (including phenoxy) is 1. The Labute approximate surface area is 118 Å². The van der Waals surface area contributed by atoms with Crippen LogP contribution >= 0.6 is 0 Å². The minimum atomic E-state index is -1.04. The molecule has 6 heteroatoms. The van der Waals surface area contributed by atoms with Crippen molar-refractivity contribution in [2.75, 3.05) is 0 Å². The summed E-state index contributed by atoms with van der Waals surface area (Å²) in [7, 11) is 0. The van der Waals surface area contributed by atoms with Gasteiger partial charge >= 0.3 is 5.97 Å². The van der Waals surface area contributed by atoms with Gasteiger partial charge in [-0.3, -0.25) is 0 Å². The van der Waals surface area contributed by atoms with Crippen LogP contribution in [-0.2, 0) is 9.53 Å². The van der Waals surface area contributed by atoms with Gasteiger partial charge < -0.3 is 9.15 Å². The van der Waals surface area contributed by atoms with E-state index in [-0.39, 0.29) is 17.2 Å². The number of cyclic esters (lactones) is 1. The van der Waals surface area contributed by atoms with Crippen LogP contribution < -0.4 is 0 Å². The van der Waals surface area contributed by atoms with E-state index in [1.54, 1.807) is 19.1 Å². The first-order valence-corrected chi connectivity index (χ1v) is 6.07. The van der Waals surface area contributed by atoms with Gasteiger partial charge in [-0.15, -0.1) is 0 Å². The smallest absolute Gasteiger partial charge is 0.363 e. The van der Waals surface area contributed by atoms with Crippen molar-refractivity contribution in [3.8, 4) is 0 Å². The number of aryl methyl sites for hydroxylation is 1. The Morgan fingerprint density at radius 3 is 2.62 bits per heavy atom. The van der Waals surface area contributed by atoms with Crippen molar-refractivity contribution in [2.24, 2.45) is 4.99 Å².